The van der Waals surface area contributed by atoms with Gasteiger partial charge in [-0.1, -0.05) is 15.9 Å². The van der Waals surface area contributed by atoms with E-state index in [-0.39, 0.29) is 11.3 Å². The van der Waals surface area contributed by atoms with E-state index in [4.69, 9.17) is 4.74 Å². The van der Waals surface area contributed by atoms with Crippen molar-refractivity contribution in [2.24, 2.45) is 0 Å². The first-order valence-corrected chi connectivity index (χ1v) is 7.93. The molecule has 0 saturated carbocycles. The van der Waals surface area contributed by atoms with Crippen LogP contribution in [0, 0.1) is 5.82 Å². The van der Waals surface area contributed by atoms with Gasteiger partial charge in [0.2, 0.25) is 0 Å². The third-order valence-corrected chi connectivity index (χ3v) is 3.75. The summed E-state index contributed by atoms with van der Waals surface area (Å²) in [6.07, 6.45) is 0. The van der Waals surface area contributed by atoms with Crippen molar-refractivity contribution in [1.29, 1.82) is 0 Å². The lowest BCUT2D eigenvalue weighted by Crippen LogP contribution is -2.34. The summed E-state index contributed by atoms with van der Waals surface area (Å²) in [5.74, 6) is -1.90. The Morgan fingerprint density at radius 1 is 1.21 bits per heavy atom. The Balaban J connectivity index is 2.04. The molecule has 126 valence electrons. The Morgan fingerprint density at radius 3 is 2.50 bits per heavy atom. The summed E-state index contributed by atoms with van der Waals surface area (Å²) in [6, 6.07) is 9.76. The van der Waals surface area contributed by atoms with Gasteiger partial charge in [-0.25, -0.2) is 9.18 Å². The molecule has 0 aliphatic heterocycles. The molecule has 0 bridgehead atoms. The molecule has 1 N–H and O–H groups in total. The Morgan fingerprint density at radius 2 is 1.88 bits per heavy atom. The lowest BCUT2D eigenvalue weighted by molar-refractivity contribution is -0.121. The highest BCUT2D eigenvalue weighted by molar-refractivity contribution is 9.10. The first kappa shape index (κ1) is 17.9. The molecule has 0 radical (unpaired) electrons. The standard InChI is InChI=1S/C17H15BrFNO4/c1-2-20(13-6-4-12(19)5-7-13)16(22)10-24-17(23)14-9-11(18)3-8-15(14)21/h3-9,21H,2,10H2,1H3. The van der Waals surface area contributed by atoms with Gasteiger partial charge in [-0.05, 0) is 49.4 Å². The first-order chi connectivity index (χ1) is 11.4. The third-order valence-electron chi connectivity index (χ3n) is 3.26. The zero-order chi connectivity index (χ0) is 17.7. The number of aromatic hydroxyl groups is 1. The van der Waals surface area contributed by atoms with Gasteiger partial charge in [0, 0.05) is 16.7 Å². The van der Waals surface area contributed by atoms with Gasteiger partial charge in [0.25, 0.3) is 5.91 Å². The molecule has 5 nitrogen and oxygen atoms in total. The molecule has 0 aliphatic carbocycles. The number of halogens is 2. The Labute approximate surface area is 146 Å². The number of esters is 1. The molecule has 7 heteroatoms. The summed E-state index contributed by atoms with van der Waals surface area (Å²) in [7, 11) is 0. The van der Waals surface area contributed by atoms with Crippen LogP contribution >= 0.6 is 15.9 Å². The van der Waals surface area contributed by atoms with Crippen LogP contribution in [0.25, 0.3) is 0 Å². The van der Waals surface area contributed by atoms with E-state index >= 15 is 0 Å². The maximum atomic E-state index is 13.0. The maximum absolute atomic E-state index is 13.0. The molecule has 0 unspecified atom stereocenters. The van der Waals surface area contributed by atoms with Crippen LogP contribution in [-0.4, -0.2) is 30.1 Å². The normalized spacial score (nSPS) is 10.3. The van der Waals surface area contributed by atoms with Crippen LogP contribution in [0.15, 0.2) is 46.9 Å². The minimum Gasteiger partial charge on any atom is -0.507 e. The van der Waals surface area contributed by atoms with E-state index in [1.807, 2.05) is 0 Å². The van der Waals surface area contributed by atoms with Crippen LogP contribution in [-0.2, 0) is 9.53 Å². The van der Waals surface area contributed by atoms with Crippen molar-refractivity contribution >= 4 is 33.5 Å². The van der Waals surface area contributed by atoms with Crippen molar-refractivity contribution in [3.05, 3.63) is 58.3 Å². The molecule has 0 atom stereocenters. The fourth-order valence-electron chi connectivity index (χ4n) is 2.08. The number of carbonyl (C=O) groups is 2. The van der Waals surface area contributed by atoms with E-state index in [2.05, 4.69) is 15.9 Å². The molecule has 0 aliphatic rings. The number of nitrogens with zero attached hydrogens (tertiary/aromatic N) is 1. The van der Waals surface area contributed by atoms with E-state index in [0.717, 1.165) is 0 Å². The lowest BCUT2D eigenvalue weighted by atomic mass is 10.2. The van der Waals surface area contributed by atoms with E-state index in [0.29, 0.717) is 16.7 Å². The number of rotatable bonds is 5. The van der Waals surface area contributed by atoms with Gasteiger partial charge in [-0.15, -0.1) is 0 Å². The van der Waals surface area contributed by atoms with Crippen molar-refractivity contribution in [2.75, 3.05) is 18.1 Å². The smallest absolute Gasteiger partial charge is 0.342 e. The molecule has 2 aromatic rings. The SMILES string of the molecule is CCN(C(=O)COC(=O)c1cc(Br)ccc1O)c1ccc(F)cc1. The van der Waals surface area contributed by atoms with Crippen molar-refractivity contribution in [3.63, 3.8) is 0 Å². The fourth-order valence-corrected chi connectivity index (χ4v) is 2.44. The van der Waals surface area contributed by atoms with Gasteiger partial charge < -0.3 is 14.7 Å². The van der Waals surface area contributed by atoms with Gasteiger partial charge in [0.05, 0.1) is 0 Å². The van der Waals surface area contributed by atoms with Crippen LogP contribution in [0.4, 0.5) is 10.1 Å². The monoisotopic (exact) mass is 395 g/mol. The second-order valence-electron chi connectivity index (χ2n) is 4.85. The highest BCUT2D eigenvalue weighted by Crippen LogP contribution is 2.22. The largest absolute Gasteiger partial charge is 0.507 e. The summed E-state index contributed by atoms with van der Waals surface area (Å²) in [4.78, 5) is 25.6. The number of phenols is 1. The van der Waals surface area contributed by atoms with E-state index in [1.54, 1.807) is 13.0 Å². The van der Waals surface area contributed by atoms with E-state index < -0.39 is 24.3 Å². The Kier molecular flexibility index (Phi) is 5.92. The number of likely N-dealkylation sites (N-methyl/N-ethyl adjacent to an activating group) is 1. The summed E-state index contributed by atoms with van der Waals surface area (Å²) >= 11 is 3.19. The minimum atomic E-state index is -0.808. The topological polar surface area (TPSA) is 66.8 Å². The van der Waals surface area contributed by atoms with Crippen LogP contribution in [0.5, 0.6) is 5.75 Å². The molecule has 24 heavy (non-hydrogen) atoms. The van der Waals surface area contributed by atoms with Crippen LogP contribution in [0.3, 0.4) is 0 Å². The number of phenolic OH excluding ortho intramolecular Hbond substituents is 1. The Hall–Kier alpha value is -2.41. The van der Waals surface area contributed by atoms with Crippen LogP contribution in [0.1, 0.15) is 17.3 Å². The zero-order valence-corrected chi connectivity index (χ0v) is 14.4. The van der Waals surface area contributed by atoms with Crippen molar-refractivity contribution < 1.29 is 23.8 Å². The highest BCUT2D eigenvalue weighted by atomic mass is 79.9. The number of anilines is 1. The van der Waals surface area contributed by atoms with Gasteiger partial charge in [-0.2, -0.15) is 0 Å². The van der Waals surface area contributed by atoms with E-state index in [1.165, 1.54) is 41.3 Å². The number of benzene rings is 2. The average molecular weight is 396 g/mol. The molecular formula is C17H15BrFNO4. The highest BCUT2D eigenvalue weighted by Gasteiger charge is 2.19. The number of ether oxygens (including phenoxy) is 1. The molecule has 0 spiro atoms. The molecule has 2 aromatic carbocycles. The molecule has 0 aromatic heterocycles. The minimum absolute atomic E-state index is 0.0398. The first-order valence-electron chi connectivity index (χ1n) is 7.14. The number of hydrogen-bond donors (Lipinski definition) is 1. The van der Waals surface area contributed by atoms with E-state index in [9.17, 15) is 19.1 Å². The average Bonchev–Trinajstić information content (AvgIpc) is 2.57. The predicted octanol–water partition coefficient (Wildman–Crippen LogP) is 3.50. The van der Waals surface area contributed by atoms with Crippen LogP contribution in [0.2, 0.25) is 0 Å². The summed E-state index contributed by atoms with van der Waals surface area (Å²) in [5.41, 5.74) is 0.465. The van der Waals surface area contributed by atoms with Crippen LogP contribution < -0.4 is 4.90 Å². The third kappa shape index (κ3) is 4.32. The number of amides is 1. The van der Waals surface area contributed by atoms with Gasteiger partial charge in [0.1, 0.15) is 17.1 Å². The molecule has 1 amide bonds. The lowest BCUT2D eigenvalue weighted by Gasteiger charge is -2.20. The summed E-state index contributed by atoms with van der Waals surface area (Å²) in [6.45, 7) is 1.60. The molecular weight excluding hydrogens is 381 g/mol. The van der Waals surface area contributed by atoms with Gasteiger partial charge >= 0.3 is 5.97 Å². The molecule has 0 saturated heterocycles. The fraction of sp³-hybridized carbons (Fsp3) is 0.176. The van der Waals surface area contributed by atoms with Crippen molar-refractivity contribution in [3.8, 4) is 5.75 Å². The summed E-state index contributed by atoms with van der Waals surface area (Å²) < 4.78 is 18.5. The predicted molar refractivity (Wildman–Crippen MR) is 90.5 cm³/mol. The molecule has 0 fully saturated rings. The maximum Gasteiger partial charge on any atom is 0.342 e. The Bertz CT molecular complexity index is 749. The second-order valence-corrected chi connectivity index (χ2v) is 5.77. The zero-order valence-electron chi connectivity index (χ0n) is 12.8. The number of carbonyl (C=O) groups excluding carboxylic acids is 2. The van der Waals surface area contributed by atoms with Crippen molar-refractivity contribution in [1.82, 2.24) is 0 Å². The van der Waals surface area contributed by atoms with Gasteiger partial charge in [0.15, 0.2) is 6.61 Å². The van der Waals surface area contributed by atoms with Crippen molar-refractivity contribution in [2.45, 2.75) is 6.92 Å². The quantitative estimate of drug-likeness (QED) is 0.786. The summed E-state index contributed by atoms with van der Waals surface area (Å²) in [5, 5.41) is 9.68. The number of hydrogen-bond acceptors (Lipinski definition) is 4. The second kappa shape index (κ2) is 7.92. The van der Waals surface area contributed by atoms with Gasteiger partial charge in [-0.3, -0.25) is 4.79 Å². The molecule has 2 rings (SSSR count). The molecule has 0 heterocycles.